The fourth-order valence-electron chi connectivity index (χ4n) is 2.63. The van der Waals surface area contributed by atoms with Crippen molar-refractivity contribution in [2.45, 2.75) is 25.8 Å². The van der Waals surface area contributed by atoms with E-state index in [1.165, 1.54) is 11.1 Å². The minimum Gasteiger partial charge on any atom is -0.476 e. The first-order valence-corrected chi connectivity index (χ1v) is 6.78. The fraction of sp³-hybridized carbons (Fsp3) is 0.312. The number of aromatic nitrogens is 1. The van der Waals surface area contributed by atoms with Gasteiger partial charge in [0.1, 0.15) is 0 Å². The van der Waals surface area contributed by atoms with Gasteiger partial charge >= 0.3 is 0 Å². The van der Waals surface area contributed by atoms with Gasteiger partial charge in [0.05, 0.1) is 12.3 Å². The van der Waals surface area contributed by atoms with E-state index in [0.29, 0.717) is 18.5 Å². The Balaban J connectivity index is 1.74. The molecule has 0 fully saturated rings. The molecule has 1 aliphatic carbocycles. The molecule has 3 rings (SSSR count). The van der Waals surface area contributed by atoms with Crippen LogP contribution >= 0.6 is 0 Å². The largest absolute Gasteiger partial charge is 0.476 e. The third-order valence-electron chi connectivity index (χ3n) is 3.46. The molecule has 98 valence electrons. The van der Waals surface area contributed by atoms with Gasteiger partial charge in [0.25, 0.3) is 0 Å². The average Bonchev–Trinajstić information content (AvgIpc) is 2.83. The second-order valence-corrected chi connectivity index (χ2v) is 4.81. The molecule has 0 amide bonds. The third kappa shape index (κ3) is 2.55. The molecule has 0 aliphatic heterocycles. The van der Waals surface area contributed by atoms with Crippen molar-refractivity contribution in [3.05, 3.63) is 53.7 Å². The summed E-state index contributed by atoms with van der Waals surface area (Å²) in [6.45, 7) is 2.61. The van der Waals surface area contributed by atoms with Gasteiger partial charge in [-0.15, -0.1) is 0 Å². The Hall–Kier alpha value is -2.03. The first-order chi connectivity index (χ1) is 9.36. The second-order valence-electron chi connectivity index (χ2n) is 4.81. The quantitative estimate of drug-likeness (QED) is 0.910. The number of benzene rings is 1. The van der Waals surface area contributed by atoms with Crippen molar-refractivity contribution in [3.8, 4) is 5.88 Å². The van der Waals surface area contributed by atoms with E-state index < -0.39 is 0 Å². The maximum atomic E-state index is 5.55. The first kappa shape index (κ1) is 12.0. The second kappa shape index (κ2) is 5.31. The summed E-state index contributed by atoms with van der Waals surface area (Å²) in [5, 5.41) is 3.55. The summed E-state index contributed by atoms with van der Waals surface area (Å²) < 4.78 is 5.55. The Kier molecular flexibility index (Phi) is 3.36. The SMILES string of the molecule is CCOc1ncccc1NC1Cc2ccccc2C1. The minimum absolute atomic E-state index is 0.431. The summed E-state index contributed by atoms with van der Waals surface area (Å²) in [4.78, 5) is 4.27. The van der Waals surface area contributed by atoms with Crippen LogP contribution in [-0.4, -0.2) is 17.6 Å². The Labute approximate surface area is 113 Å². The molecule has 1 aliphatic rings. The predicted octanol–water partition coefficient (Wildman–Crippen LogP) is 3.06. The molecule has 19 heavy (non-hydrogen) atoms. The highest BCUT2D eigenvalue weighted by atomic mass is 16.5. The van der Waals surface area contributed by atoms with E-state index in [1.54, 1.807) is 6.20 Å². The van der Waals surface area contributed by atoms with Crippen molar-refractivity contribution in [3.63, 3.8) is 0 Å². The summed E-state index contributed by atoms with van der Waals surface area (Å²) in [6.07, 6.45) is 3.90. The molecule has 1 heterocycles. The number of hydrogen-bond acceptors (Lipinski definition) is 3. The minimum atomic E-state index is 0.431. The molecule has 0 atom stereocenters. The summed E-state index contributed by atoms with van der Waals surface area (Å²) in [7, 11) is 0. The van der Waals surface area contributed by atoms with Gasteiger partial charge in [-0.25, -0.2) is 4.98 Å². The van der Waals surface area contributed by atoms with Crippen LogP contribution in [0.15, 0.2) is 42.6 Å². The average molecular weight is 254 g/mol. The monoisotopic (exact) mass is 254 g/mol. The molecule has 0 radical (unpaired) electrons. The van der Waals surface area contributed by atoms with Gasteiger partial charge < -0.3 is 10.1 Å². The lowest BCUT2D eigenvalue weighted by Gasteiger charge is -2.16. The predicted molar refractivity (Wildman–Crippen MR) is 76.7 cm³/mol. The summed E-state index contributed by atoms with van der Waals surface area (Å²) in [5.74, 6) is 0.695. The molecule has 3 heteroatoms. The van der Waals surface area contributed by atoms with Gasteiger partial charge in [0.15, 0.2) is 0 Å². The van der Waals surface area contributed by atoms with E-state index in [9.17, 15) is 0 Å². The van der Waals surface area contributed by atoms with Crippen LogP contribution < -0.4 is 10.1 Å². The number of pyridine rings is 1. The smallest absolute Gasteiger partial charge is 0.237 e. The molecule has 1 aromatic carbocycles. The first-order valence-electron chi connectivity index (χ1n) is 6.78. The van der Waals surface area contributed by atoms with Crippen LogP contribution in [0.5, 0.6) is 5.88 Å². The lowest BCUT2D eigenvalue weighted by Crippen LogP contribution is -2.20. The number of anilines is 1. The number of rotatable bonds is 4. The molecule has 0 saturated carbocycles. The number of nitrogens with zero attached hydrogens (tertiary/aromatic N) is 1. The van der Waals surface area contributed by atoms with E-state index in [-0.39, 0.29) is 0 Å². The normalized spacial score (nSPS) is 14.2. The van der Waals surface area contributed by atoms with Crippen LogP contribution in [-0.2, 0) is 12.8 Å². The number of nitrogens with one attached hydrogen (secondary N) is 1. The Bertz CT molecular complexity index is 543. The number of hydrogen-bond donors (Lipinski definition) is 1. The van der Waals surface area contributed by atoms with Crippen LogP contribution in [0, 0.1) is 0 Å². The van der Waals surface area contributed by atoms with Gasteiger partial charge in [0, 0.05) is 12.2 Å². The zero-order valence-electron chi connectivity index (χ0n) is 11.1. The summed E-state index contributed by atoms with van der Waals surface area (Å²) >= 11 is 0. The maximum Gasteiger partial charge on any atom is 0.237 e. The number of ether oxygens (including phenoxy) is 1. The van der Waals surface area contributed by atoms with Gasteiger partial charge in [-0.05, 0) is 43.0 Å². The molecule has 0 bridgehead atoms. The molecule has 0 spiro atoms. The van der Waals surface area contributed by atoms with Gasteiger partial charge in [-0.3, -0.25) is 0 Å². The molecule has 3 nitrogen and oxygen atoms in total. The molecule has 1 N–H and O–H groups in total. The van der Waals surface area contributed by atoms with Crippen LogP contribution in [0.2, 0.25) is 0 Å². The van der Waals surface area contributed by atoms with Gasteiger partial charge in [0.2, 0.25) is 5.88 Å². The Morgan fingerprint density at radius 2 is 1.89 bits per heavy atom. The lowest BCUT2D eigenvalue weighted by atomic mass is 10.1. The Morgan fingerprint density at radius 3 is 2.58 bits per heavy atom. The van der Waals surface area contributed by atoms with Crippen molar-refractivity contribution in [2.75, 3.05) is 11.9 Å². The van der Waals surface area contributed by atoms with Crippen molar-refractivity contribution in [2.24, 2.45) is 0 Å². The highest BCUT2D eigenvalue weighted by Gasteiger charge is 2.21. The topological polar surface area (TPSA) is 34.1 Å². The van der Waals surface area contributed by atoms with Crippen molar-refractivity contribution >= 4 is 5.69 Å². The Morgan fingerprint density at radius 1 is 1.16 bits per heavy atom. The standard InChI is InChI=1S/C16H18N2O/c1-2-19-16-15(8-5-9-17-16)18-14-10-12-6-3-4-7-13(12)11-14/h3-9,14,18H,2,10-11H2,1H3. The van der Waals surface area contributed by atoms with Crippen LogP contribution in [0.3, 0.4) is 0 Å². The molecule has 2 aromatic rings. The summed E-state index contributed by atoms with van der Waals surface area (Å²) in [5.41, 5.74) is 3.88. The summed E-state index contributed by atoms with van der Waals surface area (Å²) in [6, 6.07) is 13.0. The highest BCUT2D eigenvalue weighted by molar-refractivity contribution is 5.54. The van der Waals surface area contributed by atoms with Gasteiger partial charge in [-0.2, -0.15) is 0 Å². The molecular formula is C16H18N2O. The van der Waals surface area contributed by atoms with E-state index in [1.807, 2.05) is 19.1 Å². The van der Waals surface area contributed by atoms with Crippen LogP contribution in [0.4, 0.5) is 5.69 Å². The van der Waals surface area contributed by atoms with E-state index in [0.717, 1.165) is 18.5 Å². The lowest BCUT2D eigenvalue weighted by molar-refractivity contribution is 0.328. The zero-order valence-corrected chi connectivity index (χ0v) is 11.1. The van der Waals surface area contributed by atoms with Crippen molar-refractivity contribution in [1.82, 2.24) is 4.98 Å². The molecule has 1 aromatic heterocycles. The fourth-order valence-corrected chi connectivity index (χ4v) is 2.63. The van der Waals surface area contributed by atoms with E-state index >= 15 is 0 Å². The third-order valence-corrected chi connectivity index (χ3v) is 3.46. The van der Waals surface area contributed by atoms with Crippen molar-refractivity contribution < 1.29 is 4.74 Å². The highest BCUT2D eigenvalue weighted by Crippen LogP contribution is 2.27. The van der Waals surface area contributed by atoms with E-state index in [2.05, 4.69) is 34.6 Å². The zero-order chi connectivity index (χ0) is 13.1. The van der Waals surface area contributed by atoms with Crippen LogP contribution in [0.25, 0.3) is 0 Å². The van der Waals surface area contributed by atoms with Crippen molar-refractivity contribution in [1.29, 1.82) is 0 Å². The number of fused-ring (bicyclic) bond motifs is 1. The van der Waals surface area contributed by atoms with E-state index in [4.69, 9.17) is 4.74 Å². The molecular weight excluding hydrogens is 236 g/mol. The van der Waals surface area contributed by atoms with Crippen LogP contribution in [0.1, 0.15) is 18.1 Å². The maximum absolute atomic E-state index is 5.55. The van der Waals surface area contributed by atoms with Gasteiger partial charge in [-0.1, -0.05) is 24.3 Å². The molecule has 0 saturated heterocycles. The molecule has 0 unspecified atom stereocenters.